The van der Waals surface area contributed by atoms with Gasteiger partial charge in [0, 0.05) is 9.35 Å². The number of carbonyl (C=O) groups excluding carboxylic acids is 2. The number of esters is 1. The van der Waals surface area contributed by atoms with Gasteiger partial charge < -0.3 is 14.8 Å². The lowest BCUT2D eigenvalue weighted by Gasteiger charge is -2.14. The molecule has 0 bridgehead atoms. The number of ether oxygens (including phenoxy) is 2. The lowest BCUT2D eigenvalue weighted by molar-refractivity contribution is -0.123. The second-order valence-corrected chi connectivity index (χ2v) is 8.72. The average molecular weight is 477 g/mol. The van der Waals surface area contributed by atoms with E-state index >= 15 is 0 Å². The number of rotatable bonds is 5. The molecule has 0 spiro atoms. The molecule has 0 radical (unpaired) electrons. The molecule has 1 aromatic carbocycles. The second-order valence-electron chi connectivity index (χ2n) is 6.76. The number of carbonyl (C=O) groups is 2. The number of benzene rings is 1. The maximum absolute atomic E-state index is 12.6. The van der Waals surface area contributed by atoms with Crippen molar-refractivity contribution in [3.63, 3.8) is 0 Å². The van der Waals surface area contributed by atoms with E-state index in [9.17, 15) is 14.9 Å². The van der Waals surface area contributed by atoms with Crippen molar-refractivity contribution in [2.45, 2.75) is 45.1 Å². The Balaban J connectivity index is 1.72. The number of nitrogens with one attached hydrogen (secondary N) is 1. The molecular weight excluding hydrogens is 456 g/mol. The molecule has 29 heavy (non-hydrogen) atoms. The van der Waals surface area contributed by atoms with E-state index in [0.29, 0.717) is 20.8 Å². The van der Waals surface area contributed by atoms with E-state index in [1.165, 1.54) is 30.2 Å². The van der Waals surface area contributed by atoms with Gasteiger partial charge in [-0.2, -0.15) is 5.26 Å². The molecule has 1 atom stereocenters. The Bertz CT molecular complexity index is 980. The molecule has 1 aliphatic rings. The number of nitrogens with zero attached hydrogens (tertiary/aromatic N) is 1. The summed E-state index contributed by atoms with van der Waals surface area (Å²) >= 11 is 4.76. The Labute approximate surface area is 181 Å². The smallest absolute Gasteiger partial charge is 0.340 e. The summed E-state index contributed by atoms with van der Waals surface area (Å²) < 4.78 is 11.0. The van der Waals surface area contributed by atoms with Crippen molar-refractivity contribution in [2.24, 2.45) is 0 Å². The van der Waals surface area contributed by atoms with Gasteiger partial charge >= 0.3 is 5.97 Å². The fraction of sp³-hybridized carbons (Fsp3) is 0.381. The van der Waals surface area contributed by atoms with Gasteiger partial charge in [0.25, 0.3) is 5.91 Å². The van der Waals surface area contributed by atoms with Crippen LogP contribution in [-0.4, -0.2) is 25.1 Å². The second kappa shape index (κ2) is 9.42. The van der Waals surface area contributed by atoms with Crippen LogP contribution in [0.25, 0.3) is 0 Å². The molecule has 1 N–H and O–H groups in total. The molecule has 1 aliphatic carbocycles. The lowest BCUT2D eigenvalue weighted by Crippen LogP contribution is -2.30. The quantitative estimate of drug-likeness (QED) is 0.492. The van der Waals surface area contributed by atoms with Crippen LogP contribution in [0.2, 0.25) is 0 Å². The van der Waals surface area contributed by atoms with Crippen molar-refractivity contribution in [1.29, 1.82) is 5.26 Å². The van der Waals surface area contributed by atoms with Crippen molar-refractivity contribution in [1.82, 2.24) is 0 Å². The minimum atomic E-state index is -1.02. The third-order valence-corrected chi connectivity index (χ3v) is 6.72. The van der Waals surface area contributed by atoms with Crippen molar-refractivity contribution < 1.29 is 19.1 Å². The number of nitriles is 1. The summed E-state index contributed by atoms with van der Waals surface area (Å²) in [4.78, 5) is 26.3. The van der Waals surface area contributed by atoms with E-state index in [-0.39, 0.29) is 5.56 Å². The lowest BCUT2D eigenvalue weighted by atomic mass is 10.1. The van der Waals surface area contributed by atoms with Gasteiger partial charge in [0.1, 0.15) is 16.8 Å². The molecule has 8 heteroatoms. The minimum Gasteiger partial charge on any atom is -0.497 e. The highest BCUT2D eigenvalue weighted by Gasteiger charge is 2.25. The third-order valence-electron chi connectivity index (χ3n) is 4.82. The van der Waals surface area contributed by atoms with Crippen LogP contribution in [0.5, 0.6) is 5.75 Å². The monoisotopic (exact) mass is 476 g/mol. The van der Waals surface area contributed by atoms with E-state index in [1.54, 1.807) is 18.2 Å². The first kappa shape index (κ1) is 21.3. The molecule has 1 heterocycles. The Kier molecular flexibility index (Phi) is 6.93. The van der Waals surface area contributed by atoms with Gasteiger partial charge in [0.15, 0.2) is 6.10 Å². The predicted octanol–water partition coefficient (Wildman–Crippen LogP) is 4.84. The van der Waals surface area contributed by atoms with Crippen molar-refractivity contribution in [2.75, 3.05) is 12.4 Å². The molecule has 3 rings (SSSR count). The molecule has 1 amide bonds. The Morgan fingerprint density at radius 3 is 2.76 bits per heavy atom. The first-order valence-corrected chi connectivity index (χ1v) is 11.0. The summed E-state index contributed by atoms with van der Waals surface area (Å²) in [6.07, 6.45) is 4.07. The largest absolute Gasteiger partial charge is 0.497 e. The number of thiophene rings is 1. The van der Waals surface area contributed by atoms with Gasteiger partial charge in [-0.05, 0) is 72.3 Å². The Morgan fingerprint density at radius 1 is 1.28 bits per heavy atom. The third kappa shape index (κ3) is 4.80. The van der Waals surface area contributed by atoms with Gasteiger partial charge in [-0.3, -0.25) is 4.79 Å². The van der Waals surface area contributed by atoms with Crippen LogP contribution in [-0.2, 0) is 22.4 Å². The van der Waals surface area contributed by atoms with E-state index in [1.807, 2.05) is 0 Å². The molecule has 1 unspecified atom stereocenters. The van der Waals surface area contributed by atoms with Gasteiger partial charge in [-0.25, -0.2) is 4.79 Å². The first-order valence-electron chi connectivity index (χ1n) is 9.34. The standard InChI is InChI=1S/C21H21BrN2O4S/c1-12(28-21(26)15-10-13(27-2)8-9-17(15)22)19(25)24-20-16(11-23)14-6-4-3-5-7-18(14)29-20/h8-10,12H,3-7H2,1-2H3,(H,24,25). The van der Waals surface area contributed by atoms with E-state index in [4.69, 9.17) is 9.47 Å². The molecular formula is C21H21BrN2O4S. The van der Waals surface area contributed by atoms with Crippen LogP contribution in [0.4, 0.5) is 5.00 Å². The predicted molar refractivity (Wildman–Crippen MR) is 114 cm³/mol. The zero-order valence-corrected chi connectivity index (χ0v) is 18.6. The van der Waals surface area contributed by atoms with Crippen LogP contribution < -0.4 is 10.1 Å². The summed E-state index contributed by atoms with van der Waals surface area (Å²) in [7, 11) is 1.50. The first-order chi connectivity index (χ1) is 13.9. The average Bonchev–Trinajstić information content (AvgIpc) is 2.87. The topological polar surface area (TPSA) is 88.4 Å². The summed E-state index contributed by atoms with van der Waals surface area (Å²) in [5, 5.41) is 12.9. The van der Waals surface area contributed by atoms with Crippen LogP contribution in [0.1, 0.15) is 52.5 Å². The summed E-state index contributed by atoms with van der Waals surface area (Å²) in [6.45, 7) is 1.51. The number of amides is 1. The number of hydrogen-bond acceptors (Lipinski definition) is 6. The van der Waals surface area contributed by atoms with Gasteiger partial charge in [-0.15, -0.1) is 11.3 Å². The molecule has 6 nitrogen and oxygen atoms in total. The van der Waals surface area contributed by atoms with Crippen molar-refractivity contribution in [3.05, 3.63) is 44.2 Å². The number of hydrogen-bond donors (Lipinski definition) is 1. The van der Waals surface area contributed by atoms with Crippen molar-refractivity contribution in [3.8, 4) is 11.8 Å². The van der Waals surface area contributed by atoms with Crippen LogP contribution in [0, 0.1) is 11.3 Å². The number of methoxy groups -OCH3 is 1. The van der Waals surface area contributed by atoms with Gasteiger partial charge in [0.2, 0.25) is 0 Å². The molecule has 0 aliphatic heterocycles. The van der Waals surface area contributed by atoms with Gasteiger partial charge in [0.05, 0.1) is 18.2 Å². The zero-order valence-electron chi connectivity index (χ0n) is 16.2. The summed E-state index contributed by atoms with van der Waals surface area (Å²) in [5.74, 6) is -0.595. The number of fused-ring (bicyclic) bond motifs is 1. The van der Waals surface area contributed by atoms with Crippen LogP contribution >= 0.6 is 27.3 Å². The summed E-state index contributed by atoms with van der Waals surface area (Å²) in [5.41, 5.74) is 1.86. The van der Waals surface area contributed by atoms with Crippen LogP contribution in [0.3, 0.4) is 0 Å². The van der Waals surface area contributed by atoms with E-state index in [0.717, 1.165) is 37.7 Å². The molecule has 0 saturated carbocycles. The zero-order chi connectivity index (χ0) is 21.0. The molecule has 2 aromatic rings. The Morgan fingerprint density at radius 2 is 2.03 bits per heavy atom. The molecule has 152 valence electrons. The number of anilines is 1. The SMILES string of the molecule is COc1ccc(Br)c(C(=O)OC(C)C(=O)Nc2sc3c(c2C#N)CCCCC3)c1. The highest BCUT2D eigenvalue weighted by molar-refractivity contribution is 9.10. The highest BCUT2D eigenvalue weighted by atomic mass is 79.9. The Hall–Kier alpha value is -2.37. The fourth-order valence-electron chi connectivity index (χ4n) is 3.23. The van der Waals surface area contributed by atoms with Crippen LogP contribution in [0.15, 0.2) is 22.7 Å². The highest BCUT2D eigenvalue weighted by Crippen LogP contribution is 2.37. The number of aryl methyl sites for hydroxylation is 1. The maximum atomic E-state index is 12.6. The minimum absolute atomic E-state index is 0.268. The fourth-order valence-corrected chi connectivity index (χ4v) is 4.88. The maximum Gasteiger partial charge on any atom is 0.340 e. The molecule has 0 fully saturated rings. The van der Waals surface area contributed by atoms with E-state index < -0.39 is 18.0 Å². The summed E-state index contributed by atoms with van der Waals surface area (Å²) in [6, 6.07) is 7.16. The van der Waals surface area contributed by atoms with Gasteiger partial charge in [-0.1, -0.05) is 6.42 Å². The van der Waals surface area contributed by atoms with E-state index in [2.05, 4.69) is 27.3 Å². The van der Waals surface area contributed by atoms with Crippen molar-refractivity contribution >= 4 is 44.1 Å². The molecule has 1 aromatic heterocycles. The normalized spacial score (nSPS) is 14.1. The molecule has 0 saturated heterocycles. The number of halogens is 1.